The van der Waals surface area contributed by atoms with E-state index in [1.165, 1.54) is 27.5 Å². The number of aromatic nitrogens is 1. The largest absolute Gasteiger partial charge is 0.455 e. The van der Waals surface area contributed by atoms with Crippen LogP contribution >= 0.6 is 0 Å². The van der Waals surface area contributed by atoms with Gasteiger partial charge in [-0.2, -0.15) is 5.26 Å². The van der Waals surface area contributed by atoms with Crippen LogP contribution in [0.3, 0.4) is 0 Å². The van der Waals surface area contributed by atoms with Crippen molar-refractivity contribution in [3.8, 4) is 17.3 Å². The van der Waals surface area contributed by atoms with Crippen LogP contribution in [-0.4, -0.2) is 0 Å². The van der Waals surface area contributed by atoms with E-state index < -0.39 is 0 Å². The van der Waals surface area contributed by atoms with Crippen molar-refractivity contribution in [3.05, 3.63) is 77.0 Å². The zero-order valence-electron chi connectivity index (χ0n) is 19.3. The summed E-state index contributed by atoms with van der Waals surface area (Å²) >= 11 is 0. The molecule has 0 atom stereocenters. The van der Waals surface area contributed by atoms with Crippen LogP contribution in [0.1, 0.15) is 36.1 Å². The van der Waals surface area contributed by atoms with E-state index in [0.717, 1.165) is 39.6 Å². The van der Waals surface area contributed by atoms with Gasteiger partial charge in [-0.1, -0.05) is 32.0 Å². The smallest absolute Gasteiger partial charge is 0.224 e. The summed E-state index contributed by atoms with van der Waals surface area (Å²) in [5, 5.41) is 14.0. The number of furan rings is 1. The lowest BCUT2D eigenvalue weighted by Crippen LogP contribution is -2.31. The van der Waals surface area contributed by atoms with Crippen molar-refractivity contribution in [1.29, 1.82) is 5.26 Å². The van der Waals surface area contributed by atoms with Crippen molar-refractivity contribution < 1.29 is 8.98 Å². The van der Waals surface area contributed by atoms with E-state index >= 15 is 0 Å². The van der Waals surface area contributed by atoms with Crippen LogP contribution in [0.15, 0.2) is 59.1 Å². The molecule has 0 spiro atoms. The molecule has 2 aromatic heterocycles. The van der Waals surface area contributed by atoms with Gasteiger partial charge in [-0.25, -0.2) is 4.57 Å². The lowest BCUT2D eigenvalue weighted by Gasteiger charge is -2.12. The van der Waals surface area contributed by atoms with Crippen molar-refractivity contribution >= 4 is 32.7 Å². The topological polar surface area (TPSA) is 40.8 Å². The van der Waals surface area contributed by atoms with Gasteiger partial charge < -0.3 is 4.42 Å². The minimum absolute atomic E-state index is 0.621. The van der Waals surface area contributed by atoms with E-state index in [9.17, 15) is 5.26 Å². The highest BCUT2D eigenvalue weighted by atomic mass is 16.3. The quantitative estimate of drug-likeness (QED) is 0.298. The third-order valence-electron chi connectivity index (χ3n) is 6.51. The second-order valence-corrected chi connectivity index (χ2v) is 9.26. The molecule has 0 unspecified atom stereocenters. The van der Waals surface area contributed by atoms with Gasteiger partial charge in [0.2, 0.25) is 5.69 Å². The molecular weight excluding hydrogens is 392 g/mol. The summed E-state index contributed by atoms with van der Waals surface area (Å²) < 4.78 is 8.62. The number of pyridine rings is 1. The average Bonchev–Trinajstić information content (AvgIpc) is 3.13. The van der Waals surface area contributed by atoms with Crippen LogP contribution in [0, 0.1) is 31.1 Å². The molecule has 5 aromatic rings. The summed E-state index contributed by atoms with van der Waals surface area (Å²) in [6.45, 7) is 8.81. The van der Waals surface area contributed by atoms with Crippen molar-refractivity contribution in [2.45, 2.75) is 34.1 Å². The third-order valence-corrected chi connectivity index (χ3v) is 6.51. The lowest BCUT2D eigenvalue weighted by molar-refractivity contribution is -0.659. The van der Waals surface area contributed by atoms with Crippen LogP contribution < -0.4 is 4.57 Å². The normalized spacial score (nSPS) is 11.7. The second kappa shape index (κ2) is 7.50. The molecule has 0 aliphatic carbocycles. The molecule has 0 aliphatic heterocycles. The molecule has 0 N–H and O–H groups in total. The minimum atomic E-state index is 0.621. The minimum Gasteiger partial charge on any atom is -0.455 e. The van der Waals surface area contributed by atoms with E-state index in [4.69, 9.17) is 4.42 Å². The number of fused-ring (bicyclic) bond motifs is 4. The van der Waals surface area contributed by atoms with E-state index in [1.807, 2.05) is 18.2 Å². The summed E-state index contributed by atoms with van der Waals surface area (Å²) in [5.74, 6) is 0.621. The molecule has 0 radical (unpaired) electrons. The fourth-order valence-electron chi connectivity index (χ4n) is 4.90. The highest BCUT2D eigenvalue weighted by molar-refractivity contribution is 6.14. The molecular formula is C29H27N2O+. The second-order valence-electron chi connectivity index (χ2n) is 9.26. The average molecular weight is 420 g/mol. The van der Waals surface area contributed by atoms with Crippen molar-refractivity contribution in [1.82, 2.24) is 0 Å². The number of rotatable bonds is 3. The Morgan fingerprint density at radius 2 is 1.84 bits per heavy atom. The fraction of sp³-hybridized carbons (Fsp3) is 0.241. The third kappa shape index (κ3) is 3.07. The van der Waals surface area contributed by atoms with Gasteiger partial charge in [-0.05, 0) is 72.5 Å². The van der Waals surface area contributed by atoms with Crippen LogP contribution in [0.2, 0.25) is 0 Å². The Labute approximate surface area is 188 Å². The maximum atomic E-state index is 9.70. The molecule has 3 aromatic carbocycles. The van der Waals surface area contributed by atoms with Gasteiger partial charge >= 0.3 is 0 Å². The predicted octanol–water partition coefficient (Wildman–Crippen LogP) is 6.92. The Kier molecular flexibility index (Phi) is 4.75. The molecule has 0 bridgehead atoms. The van der Waals surface area contributed by atoms with Crippen LogP contribution in [0.4, 0.5) is 0 Å². The van der Waals surface area contributed by atoms with Crippen molar-refractivity contribution in [2.24, 2.45) is 13.0 Å². The Balaban J connectivity index is 1.90. The Hall–Kier alpha value is -3.64. The maximum absolute atomic E-state index is 9.70. The van der Waals surface area contributed by atoms with Crippen molar-refractivity contribution in [2.75, 3.05) is 0 Å². The molecule has 0 saturated heterocycles. The molecule has 2 heterocycles. The van der Waals surface area contributed by atoms with Crippen LogP contribution in [0.25, 0.3) is 44.0 Å². The first-order valence-corrected chi connectivity index (χ1v) is 11.2. The molecule has 0 saturated carbocycles. The van der Waals surface area contributed by atoms with E-state index in [2.05, 4.69) is 81.9 Å². The van der Waals surface area contributed by atoms with Gasteiger partial charge in [0.25, 0.3) is 0 Å². The molecule has 0 fully saturated rings. The van der Waals surface area contributed by atoms with E-state index in [1.54, 1.807) is 0 Å². The number of nitrogens with zero attached hydrogens (tertiary/aromatic N) is 2. The monoisotopic (exact) mass is 419 g/mol. The van der Waals surface area contributed by atoms with Crippen LogP contribution in [-0.2, 0) is 13.5 Å². The molecule has 3 heteroatoms. The molecule has 158 valence electrons. The summed E-state index contributed by atoms with van der Waals surface area (Å²) in [6.07, 6.45) is 3.20. The van der Waals surface area contributed by atoms with Crippen molar-refractivity contribution in [3.63, 3.8) is 0 Å². The van der Waals surface area contributed by atoms with E-state index in [-0.39, 0.29) is 0 Å². The summed E-state index contributed by atoms with van der Waals surface area (Å²) in [7, 11) is 2.09. The predicted molar refractivity (Wildman–Crippen MR) is 131 cm³/mol. The maximum Gasteiger partial charge on any atom is 0.224 e. The number of nitriles is 1. The molecule has 3 nitrogen and oxygen atoms in total. The Morgan fingerprint density at radius 1 is 1.03 bits per heavy atom. The number of benzene rings is 3. The Morgan fingerprint density at radius 3 is 2.59 bits per heavy atom. The Bertz CT molecular complexity index is 1560. The van der Waals surface area contributed by atoms with Crippen LogP contribution in [0.5, 0.6) is 0 Å². The van der Waals surface area contributed by atoms with Gasteiger partial charge in [0.1, 0.15) is 18.2 Å². The highest BCUT2D eigenvalue weighted by Crippen LogP contribution is 2.41. The zero-order chi connectivity index (χ0) is 22.6. The van der Waals surface area contributed by atoms with Gasteiger partial charge in [-0.15, -0.1) is 0 Å². The van der Waals surface area contributed by atoms with Gasteiger partial charge in [-0.3, -0.25) is 0 Å². The molecule has 0 aliphatic rings. The fourth-order valence-corrected chi connectivity index (χ4v) is 4.90. The van der Waals surface area contributed by atoms with Gasteiger partial charge in [0, 0.05) is 16.8 Å². The zero-order valence-corrected chi connectivity index (χ0v) is 19.3. The number of aryl methyl sites for hydroxylation is 2. The molecule has 5 rings (SSSR count). The van der Waals surface area contributed by atoms with Gasteiger partial charge in [0.05, 0.1) is 22.6 Å². The summed E-state index contributed by atoms with van der Waals surface area (Å²) in [5.41, 5.74) is 8.25. The first kappa shape index (κ1) is 20.3. The standard InChI is InChI=1S/C29H27N2O/c1-17(2)13-20-9-10-23-21(15-20)11-12-31(5)28(23)26-19(4)18(3)14-24-27-22(16-30)7-6-8-25(27)32-29(24)26/h6-12,14-15,17H,13H2,1-5H3/q+1. The van der Waals surface area contributed by atoms with E-state index in [0.29, 0.717) is 11.5 Å². The summed E-state index contributed by atoms with van der Waals surface area (Å²) in [4.78, 5) is 0. The lowest BCUT2D eigenvalue weighted by atomic mass is 9.92. The first-order chi connectivity index (χ1) is 15.4. The first-order valence-electron chi connectivity index (χ1n) is 11.2. The number of hydrogen-bond acceptors (Lipinski definition) is 2. The van der Waals surface area contributed by atoms with Gasteiger partial charge in [0.15, 0.2) is 6.20 Å². The summed E-state index contributed by atoms with van der Waals surface area (Å²) in [6, 6.07) is 19.2. The molecule has 32 heavy (non-hydrogen) atoms. The molecule has 0 amide bonds. The SMILES string of the molecule is Cc1cc2c(oc3cccc(C#N)c32)c(-c2c3ccc(CC(C)C)cc3cc[n+]2C)c1C. The highest BCUT2D eigenvalue weighted by Gasteiger charge is 2.25. The number of hydrogen-bond donors (Lipinski definition) is 0.